The molecule has 0 saturated carbocycles. The zero-order valence-electron chi connectivity index (χ0n) is 13.4. The van der Waals surface area contributed by atoms with Gasteiger partial charge in [0.2, 0.25) is 5.91 Å². The first-order valence-corrected chi connectivity index (χ1v) is 7.73. The van der Waals surface area contributed by atoms with Gasteiger partial charge in [-0.3, -0.25) is 4.79 Å². The van der Waals surface area contributed by atoms with E-state index in [1.807, 2.05) is 24.3 Å². The maximum absolute atomic E-state index is 12.7. The highest BCUT2D eigenvalue weighted by molar-refractivity contribution is 5.79. The lowest BCUT2D eigenvalue weighted by Crippen LogP contribution is -2.28. The van der Waals surface area contributed by atoms with Gasteiger partial charge in [0.15, 0.2) is 0 Å². The molecule has 0 aliphatic carbocycles. The number of fused-ring (bicyclic) bond motifs is 1. The number of benzene rings is 2. The molecule has 1 amide bonds. The molecule has 1 heterocycles. The molecule has 3 rings (SSSR count). The quantitative estimate of drug-likeness (QED) is 0.749. The first-order chi connectivity index (χ1) is 11.8. The fraction of sp³-hybridized carbons (Fsp3) is 0.222. The average molecular weight is 347 g/mol. The predicted molar refractivity (Wildman–Crippen MR) is 87.8 cm³/mol. The van der Waals surface area contributed by atoms with Crippen molar-refractivity contribution in [3.8, 4) is 0 Å². The van der Waals surface area contributed by atoms with Crippen molar-refractivity contribution in [3.05, 3.63) is 65.5 Å². The Labute approximate surface area is 142 Å². The number of alkyl halides is 3. The summed E-state index contributed by atoms with van der Waals surface area (Å²) in [5.41, 5.74) is 1.19. The largest absolute Gasteiger partial charge is 0.416 e. The number of hydrogen-bond acceptors (Lipinski definition) is 2. The van der Waals surface area contributed by atoms with Crippen LogP contribution in [0.3, 0.4) is 0 Å². The monoisotopic (exact) mass is 347 g/mol. The van der Waals surface area contributed by atoms with Crippen LogP contribution in [0.25, 0.3) is 11.0 Å². The predicted octanol–water partition coefficient (Wildman–Crippen LogP) is 4.00. The van der Waals surface area contributed by atoms with E-state index in [9.17, 15) is 18.0 Å². The number of para-hydroxylation sites is 2. The minimum atomic E-state index is -4.42. The van der Waals surface area contributed by atoms with Crippen molar-refractivity contribution in [3.63, 3.8) is 0 Å². The van der Waals surface area contributed by atoms with Crippen LogP contribution in [0, 0.1) is 0 Å². The van der Waals surface area contributed by atoms with E-state index in [-0.39, 0.29) is 18.4 Å². The number of aromatic nitrogens is 2. The maximum atomic E-state index is 12.7. The lowest BCUT2D eigenvalue weighted by atomic mass is 10.1. The highest BCUT2D eigenvalue weighted by atomic mass is 19.4. The maximum Gasteiger partial charge on any atom is 0.416 e. The molecular formula is C18H16F3N3O. The number of carbonyl (C=O) groups is 1. The number of imidazole rings is 1. The molecule has 4 nitrogen and oxygen atoms in total. The molecule has 0 spiro atoms. The molecule has 1 aromatic heterocycles. The normalized spacial score (nSPS) is 13.0. The van der Waals surface area contributed by atoms with Crippen molar-refractivity contribution in [2.45, 2.75) is 25.6 Å². The van der Waals surface area contributed by atoms with Crippen LogP contribution >= 0.6 is 0 Å². The van der Waals surface area contributed by atoms with Gasteiger partial charge in [0.05, 0.1) is 29.1 Å². The summed E-state index contributed by atoms with van der Waals surface area (Å²) in [6, 6.07) is 11.9. The number of halogens is 3. The fourth-order valence-corrected chi connectivity index (χ4v) is 2.58. The highest BCUT2D eigenvalue weighted by Crippen LogP contribution is 2.29. The summed E-state index contributed by atoms with van der Waals surface area (Å²) in [4.78, 5) is 19.7. The fourth-order valence-electron chi connectivity index (χ4n) is 2.58. The molecule has 25 heavy (non-hydrogen) atoms. The van der Waals surface area contributed by atoms with Crippen LogP contribution in [0.15, 0.2) is 48.5 Å². The first-order valence-electron chi connectivity index (χ1n) is 7.73. The summed E-state index contributed by atoms with van der Waals surface area (Å²) in [5, 5.41) is 2.75. The molecule has 130 valence electrons. The van der Waals surface area contributed by atoms with Crippen molar-refractivity contribution < 1.29 is 18.0 Å². The second-order valence-corrected chi connectivity index (χ2v) is 5.80. The van der Waals surface area contributed by atoms with E-state index in [0.29, 0.717) is 11.4 Å². The van der Waals surface area contributed by atoms with Crippen LogP contribution in [-0.4, -0.2) is 15.9 Å². The van der Waals surface area contributed by atoms with Crippen molar-refractivity contribution >= 4 is 16.9 Å². The van der Waals surface area contributed by atoms with Crippen LogP contribution in [-0.2, 0) is 17.4 Å². The van der Waals surface area contributed by atoms with Gasteiger partial charge in [-0.25, -0.2) is 4.98 Å². The summed E-state index contributed by atoms with van der Waals surface area (Å²) in [6.45, 7) is 1.77. The second kappa shape index (κ2) is 6.58. The van der Waals surface area contributed by atoms with Crippen molar-refractivity contribution in [2.24, 2.45) is 0 Å². The molecule has 2 N–H and O–H groups in total. The van der Waals surface area contributed by atoms with Crippen LogP contribution in [0.5, 0.6) is 0 Å². The lowest BCUT2D eigenvalue weighted by molar-refractivity contribution is -0.137. The van der Waals surface area contributed by atoms with Crippen LogP contribution in [0.4, 0.5) is 13.2 Å². The van der Waals surface area contributed by atoms with Gasteiger partial charge in [-0.1, -0.05) is 30.3 Å². The summed E-state index contributed by atoms with van der Waals surface area (Å²) < 4.78 is 38.2. The van der Waals surface area contributed by atoms with E-state index < -0.39 is 11.7 Å². The van der Waals surface area contributed by atoms with E-state index in [1.54, 1.807) is 6.92 Å². The number of rotatable bonds is 4. The van der Waals surface area contributed by atoms with Crippen molar-refractivity contribution in [1.29, 1.82) is 0 Å². The van der Waals surface area contributed by atoms with Gasteiger partial charge in [0, 0.05) is 0 Å². The van der Waals surface area contributed by atoms with Gasteiger partial charge >= 0.3 is 6.18 Å². The molecule has 0 aliphatic heterocycles. The third-order valence-corrected chi connectivity index (χ3v) is 3.81. The summed E-state index contributed by atoms with van der Waals surface area (Å²) in [7, 11) is 0. The lowest BCUT2D eigenvalue weighted by Gasteiger charge is -2.12. The molecule has 2 aromatic carbocycles. The van der Waals surface area contributed by atoms with E-state index in [2.05, 4.69) is 15.3 Å². The smallest absolute Gasteiger partial charge is 0.346 e. The van der Waals surface area contributed by atoms with Crippen LogP contribution < -0.4 is 5.32 Å². The molecule has 0 saturated heterocycles. The third-order valence-electron chi connectivity index (χ3n) is 3.81. The average Bonchev–Trinajstić information content (AvgIpc) is 2.98. The minimum absolute atomic E-state index is 0.130. The molecular weight excluding hydrogens is 331 g/mol. The number of carbonyl (C=O) groups excluding carboxylic acids is 1. The number of hydrogen-bond donors (Lipinski definition) is 2. The Bertz CT molecular complexity index is 869. The Balaban J connectivity index is 1.68. The van der Waals surface area contributed by atoms with Gasteiger partial charge in [-0.15, -0.1) is 0 Å². The molecule has 0 bridgehead atoms. The van der Waals surface area contributed by atoms with Gasteiger partial charge in [-0.05, 0) is 30.7 Å². The number of nitrogens with one attached hydrogen (secondary N) is 2. The zero-order chi connectivity index (χ0) is 18.0. The van der Waals surface area contributed by atoms with Crippen molar-refractivity contribution in [2.75, 3.05) is 0 Å². The van der Waals surface area contributed by atoms with E-state index in [1.165, 1.54) is 12.1 Å². The molecule has 0 unspecified atom stereocenters. The molecule has 3 aromatic rings. The standard InChI is InChI=1S/C18H16F3N3O/c1-11(17-23-14-7-2-3-8-15(14)24-17)22-16(25)10-12-5-4-6-13(9-12)18(19,20)21/h2-9,11H,10H2,1H3,(H,22,25)(H,23,24)/t11-/m1/s1. The summed E-state index contributed by atoms with van der Waals surface area (Å²) >= 11 is 0. The number of aromatic amines is 1. The van der Waals surface area contributed by atoms with Gasteiger partial charge in [0.1, 0.15) is 5.82 Å². The molecule has 0 aliphatic rings. The Hall–Kier alpha value is -2.83. The third kappa shape index (κ3) is 3.99. The van der Waals surface area contributed by atoms with Crippen LogP contribution in [0.1, 0.15) is 29.9 Å². The molecule has 7 heteroatoms. The van der Waals surface area contributed by atoms with Crippen LogP contribution in [0.2, 0.25) is 0 Å². The Kier molecular flexibility index (Phi) is 4.48. The number of H-pyrrole nitrogens is 1. The topological polar surface area (TPSA) is 57.8 Å². The molecule has 0 fully saturated rings. The SMILES string of the molecule is C[C@@H](NC(=O)Cc1cccc(C(F)(F)F)c1)c1nc2ccccc2[nH]1. The molecule has 0 radical (unpaired) electrons. The van der Waals surface area contributed by atoms with Gasteiger partial charge in [-0.2, -0.15) is 13.2 Å². The van der Waals surface area contributed by atoms with Gasteiger partial charge in [0.25, 0.3) is 0 Å². The Morgan fingerprint density at radius 2 is 1.96 bits per heavy atom. The minimum Gasteiger partial charge on any atom is -0.346 e. The van der Waals surface area contributed by atoms with E-state index in [4.69, 9.17) is 0 Å². The first kappa shape index (κ1) is 17.0. The summed E-state index contributed by atoms with van der Waals surface area (Å²) in [5.74, 6) is 0.228. The Morgan fingerprint density at radius 1 is 1.20 bits per heavy atom. The van der Waals surface area contributed by atoms with Gasteiger partial charge < -0.3 is 10.3 Å². The second-order valence-electron chi connectivity index (χ2n) is 5.80. The van der Waals surface area contributed by atoms with Crippen molar-refractivity contribution in [1.82, 2.24) is 15.3 Å². The zero-order valence-corrected chi connectivity index (χ0v) is 13.4. The van der Waals surface area contributed by atoms with E-state index in [0.717, 1.165) is 23.2 Å². The number of nitrogens with zero attached hydrogens (tertiary/aromatic N) is 1. The Morgan fingerprint density at radius 3 is 2.68 bits per heavy atom. The number of amides is 1. The summed E-state index contributed by atoms with van der Waals surface area (Å²) in [6.07, 6.45) is -4.55. The van der Waals surface area contributed by atoms with E-state index >= 15 is 0 Å². The highest BCUT2D eigenvalue weighted by Gasteiger charge is 2.30. The molecule has 1 atom stereocenters.